The van der Waals surface area contributed by atoms with Crippen molar-refractivity contribution >= 4 is 21.6 Å². The van der Waals surface area contributed by atoms with Gasteiger partial charge in [-0.3, -0.25) is 0 Å². The van der Waals surface area contributed by atoms with Crippen molar-refractivity contribution in [3.8, 4) is 5.75 Å². The van der Waals surface area contributed by atoms with E-state index in [1.54, 1.807) is 24.3 Å². The van der Waals surface area contributed by atoms with Crippen molar-refractivity contribution in [2.24, 2.45) is 5.14 Å². The third-order valence-corrected chi connectivity index (χ3v) is 4.16. The second kappa shape index (κ2) is 6.93. The minimum Gasteiger partial charge on any atom is -0.491 e. The van der Waals surface area contributed by atoms with Gasteiger partial charge in [0.2, 0.25) is 10.0 Å². The van der Waals surface area contributed by atoms with Crippen LogP contribution in [0.1, 0.15) is 11.5 Å². The average Bonchev–Trinajstić information content (AvgIpc) is 2.45. The van der Waals surface area contributed by atoms with E-state index in [2.05, 4.69) is 0 Å². The lowest BCUT2D eigenvalue weighted by molar-refractivity contribution is 0.296. The summed E-state index contributed by atoms with van der Waals surface area (Å²) in [5.41, 5.74) is 0.860. The number of para-hydroxylation sites is 1. The van der Waals surface area contributed by atoms with Gasteiger partial charge in [0, 0.05) is 5.92 Å². The largest absolute Gasteiger partial charge is 0.491 e. The first-order chi connectivity index (χ1) is 9.96. The molecule has 0 fully saturated rings. The maximum atomic E-state index is 11.4. The Labute approximate surface area is 129 Å². The molecule has 2 rings (SSSR count). The quantitative estimate of drug-likeness (QED) is 0.887. The van der Waals surface area contributed by atoms with Crippen molar-refractivity contribution in [2.45, 2.75) is 5.92 Å². The van der Waals surface area contributed by atoms with Crippen LogP contribution in [-0.2, 0) is 10.0 Å². The van der Waals surface area contributed by atoms with Crippen molar-refractivity contribution in [1.82, 2.24) is 0 Å². The van der Waals surface area contributed by atoms with Gasteiger partial charge < -0.3 is 4.74 Å². The highest BCUT2D eigenvalue weighted by Gasteiger charge is 2.19. The van der Waals surface area contributed by atoms with Gasteiger partial charge in [-0.1, -0.05) is 54.1 Å². The third-order valence-electron chi connectivity index (χ3n) is 2.98. The number of benzene rings is 2. The Bertz CT molecular complexity index is 689. The van der Waals surface area contributed by atoms with Crippen molar-refractivity contribution in [3.63, 3.8) is 0 Å². The molecule has 1 atom stereocenters. The van der Waals surface area contributed by atoms with Gasteiger partial charge in [0.15, 0.2) is 0 Å². The summed E-state index contributed by atoms with van der Waals surface area (Å²) in [7, 11) is -3.60. The molecule has 0 aliphatic heterocycles. The molecule has 0 spiro atoms. The molecule has 0 radical (unpaired) electrons. The molecule has 2 aromatic carbocycles. The number of hydrogen-bond donors (Lipinski definition) is 1. The maximum absolute atomic E-state index is 11.4. The first-order valence-corrected chi connectivity index (χ1v) is 8.48. The van der Waals surface area contributed by atoms with Gasteiger partial charge in [-0.15, -0.1) is 0 Å². The van der Waals surface area contributed by atoms with Crippen LogP contribution in [-0.4, -0.2) is 20.8 Å². The molecule has 1 unspecified atom stereocenters. The van der Waals surface area contributed by atoms with E-state index in [0.717, 1.165) is 5.56 Å². The summed E-state index contributed by atoms with van der Waals surface area (Å²) < 4.78 is 28.4. The lowest BCUT2D eigenvalue weighted by Crippen LogP contribution is -2.25. The Morgan fingerprint density at radius 1 is 1.05 bits per heavy atom. The zero-order valence-electron chi connectivity index (χ0n) is 11.3. The molecule has 0 amide bonds. The molecule has 0 heterocycles. The van der Waals surface area contributed by atoms with Crippen LogP contribution in [0, 0.1) is 0 Å². The van der Waals surface area contributed by atoms with Crippen molar-refractivity contribution in [1.29, 1.82) is 0 Å². The number of primary sulfonamides is 1. The van der Waals surface area contributed by atoms with Crippen molar-refractivity contribution < 1.29 is 13.2 Å². The maximum Gasteiger partial charge on any atom is 0.209 e. The topological polar surface area (TPSA) is 69.4 Å². The number of nitrogens with two attached hydrogens (primary N) is 1. The number of rotatable bonds is 6. The molecule has 0 saturated carbocycles. The van der Waals surface area contributed by atoms with E-state index in [1.165, 1.54) is 0 Å². The van der Waals surface area contributed by atoms with E-state index in [9.17, 15) is 8.42 Å². The van der Waals surface area contributed by atoms with Gasteiger partial charge in [-0.05, 0) is 17.7 Å². The van der Waals surface area contributed by atoms with Gasteiger partial charge in [0.25, 0.3) is 0 Å². The van der Waals surface area contributed by atoms with Gasteiger partial charge in [-0.25, -0.2) is 13.6 Å². The van der Waals surface area contributed by atoms with E-state index in [4.69, 9.17) is 21.5 Å². The van der Waals surface area contributed by atoms with E-state index in [1.807, 2.05) is 30.3 Å². The Morgan fingerprint density at radius 2 is 1.67 bits per heavy atom. The van der Waals surface area contributed by atoms with E-state index < -0.39 is 10.0 Å². The summed E-state index contributed by atoms with van der Waals surface area (Å²) in [6.45, 7) is 0.185. The van der Waals surface area contributed by atoms with Gasteiger partial charge in [-0.2, -0.15) is 0 Å². The summed E-state index contributed by atoms with van der Waals surface area (Å²) >= 11 is 6.02. The zero-order valence-corrected chi connectivity index (χ0v) is 12.8. The molecule has 21 heavy (non-hydrogen) atoms. The molecule has 0 saturated heterocycles. The normalized spacial score (nSPS) is 12.9. The Morgan fingerprint density at radius 3 is 2.29 bits per heavy atom. The molecule has 6 heteroatoms. The lowest BCUT2D eigenvalue weighted by atomic mass is 10.0. The van der Waals surface area contributed by atoms with Crippen LogP contribution in [0.25, 0.3) is 0 Å². The summed E-state index contributed by atoms with van der Waals surface area (Å²) in [5.74, 6) is -0.00596. The second-order valence-corrected chi connectivity index (χ2v) is 6.74. The van der Waals surface area contributed by atoms with Gasteiger partial charge in [0.05, 0.1) is 17.4 Å². The first kappa shape index (κ1) is 15.8. The van der Waals surface area contributed by atoms with Crippen molar-refractivity contribution in [3.05, 3.63) is 65.2 Å². The number of halogens is 1. The number of ether oxygens (including phenoxy) is 1. The molecule has 0 aliphatic rings. The Hall–Kier alpha value is -1.56. The molecule has 0 aliphatic carbocycles. The smallest absolute Gasteiger partial charge is 0.209 e. The average molecular weight is 326 g/mol. The van der Waals surface area contributed by atoms with Crippen LogP contribution in [0.3, 0.4) is 0 Å². The van der Waals surface area contributed by atoms with Gasteiger partial charge >= 0.3 is 0 Å². The van der Waals surface area contributed by atoms with Crippen LogP contribution in [0.5, 0.6) is 5.75 Å². The minimum absolute atomic E-state index is 0.179. The summed E-state index contributed by atoms with van der Waals surface area (Å²) in [6, 6.07) is 16.3. The fourth-order valence-corrected chi connectivity index (χ4v) is 3.04. The SMILES string of the molecule is NS(=O)(=O)CC(COc1ccccc1Cl)c1ccccc1. The monoisotopic (exact) mass is 325 g/mol. The zero-order chi connectivity index (χ0) is 15.3. The van der Waals surface area contributed by atoms with E-state index in [-0.39, 0.29) is 18.3 Å². The highest BCUT2D eigenvalue weighted by Crippen LogP contribution is 2.25. The standard InChI is InChI=1S/C15H16ClNO3S/c16-14-8-4-5-9-15(14)20-10-13(11-21(17,18)19)12-6-2-1-3-7-12/h1-9,13H,10-11H2,(H2,17,18,19). The third kappa shape index (κ3) is 5.04. The molecule has 2 N–H and O–H groups in total. The molecular weight excluding hydrogens is 310 g/mol. The lowest BCUT2D eigenvalue weighted by Gasteiger charge is -2.17. The first-order valence-electron chi connectivity index (χ1n) is 6.38. The minimum atomic E-state index is -3.60. The predicted molar refractivity (Wildman–Crippen MR) is 84.1 cm³/mol. The highest BCUT2D eigenvalue weighted by atomic mass is 35.5. The number of sulfonamides is 1. The Balaban J connectivity index is 2.15. The fraction of sp³-hybridized carbons (Fsp3) is 0.200. The van der Waals surface area contributed by atoms with Crippen LogP contribution in [0.4, 0.5) is 0 Å². The second-order valence-electron chi connectivity index (χ2n) is 4.68. The van der Waals surface area contributed by atoms with Crippen LogP contribution in [0.2, 0.25) is 5.02 Å². The molecule has 112 valence electrons. The molecule has 0 bridgehead atoms. The van der Waals surface area contributed by atoms with E-state index in [0.29, 0.717) is 10.8 Å². The fourth-order valence-electron chi connectivity index (χ4n) is 2.00. The molecule has 0 aromatic heterocycles. The number of hydrogen-bond acceptors (Lipinski definition) is 3. The molecule has 4 nitrogen and oxygen atoms in total. The van der Waals surface area contributed by atoms with E-state index >= 15 is 0 Å². The highest BCUT2D eigenvalue weighted by molar-refractivity contribution is 7.89. The van der Waals surface area contributed by atoms with Crippen LogP contribution >= 0.6 is 11.6 Å². The Kier molecular flexibility index (Phi) is 5.22. The molecular formula is C15H16ClNO3S. The summed E-state index contributed by atoms with van der Waals surface area (Å²) in [4.78, 5) is 0. The van der Waals surface area contributed by atoms with Crippen LogP contribution < -0.4 is 9.88 Å². The molecule has 2 aromatic rings. The summed E-state index contributed by atoms with van der Waals surface area (Å²) in [6.07, 6.45) is 0. The predicted octanol–water partition coefficient (Wildman–Crippen LogP) is 2.79. The summed E-state index contributed by atoms with van der Waals surface area (Å²) in [5, 5.41) is 5.65. The van der Waals surface area contributed by atoms with Crippen molar-refractivity contribution in [2.75, 3.05) is 12.4 Å². The van der Waals surface area contributed by atoms with Gasteiger partial charge in [0.1, 0.15) is 5.75 Å². The van der Waals surface area contributed by atoms with Crippen LogP contribution in [0.15, 0.2) is 54.6 Å².